The molecule has 2 heterocycles. The van der Waals surface area contributed by atoms with Crippen LogP contribution < -0.4 is 10.1 Å². The van der Waals surface area contributed by atoms with Gasteiger partial charge in [-0.2, -0.15) is 0 Å². The summed E-state index contributed by atoms with van der Waals surface area (Å²) in [7, 11) is 3.56. The van der Waals surface area contributed by atoms with Crippen LogP contribution in [0, 0.1) is 0 Å². The number of ether oxygens (including phenoxy) is 1. The van der Waals surface area contributed by atoms with Crippen molar-refractivity contribution < 1.29 is 9.53 Å². The van der Waals surface area contributed by atoms with Gasteiger partial charge in [0.15, 0.2) is 0 Å². The fraction of sp³-hybridized carbons (Fsp3) is 0.192. The van der Waals surface area contributed by atoms with E-state index in [9.17, 15) is 4.79 Å². The van der Waals surface area contributed by atoms with Crippen molar-refractivity contribution in [3.63, 3.8) is 0 Å². The molecule has 0 saturated carbocycles. The van der Waals surface area contributed by atoms with E-state index in [1.165, 1.54) is 5.56 Å². The molecular formula is C26H26ClN3O2. The lowest BCUT2D eigenvalue weighted by Crippen LogP contribution is -2.34. The van der Waals surface area contributed by atoms with E-state index in [0.717, 1.165) is 51.5 Å². The van der Waals surface area contributed by atoms with Gasteiger partial charge in [0.2, 0.25) is 6.41 Å². The van der Waals surface area contributed by atoms with Gasteiger partial charge in [0.1, 0.15) is 5.75 Å². The second kappa shape index (κ2) is 9.79. The number of fused-ring (bicyclic) bond motifs is 3. The Morgan fingerprint density at radius 1 is 1.09 bits per heavy atom. The zero-order valence-electron chi connectivity index (χ0n) is 18.1. The van der Waals surface area contributed by atoms with Gasteiger partial charge >= 0.3 is 0 Å². The Kier molecular flexibility index (Phi) is 6.66. The summed E-state index contributed by atoms with van der Waals surface area (Å²) in [4.78, 5) is 16.9. The van der Waals surface area contributed by atoms with Gasteiger partial charge in [-0.1, -0.05) is 41.9 Å². The molecule has 1 amide bonds. The number of hydrogen-bond acceptors (Lipinski definition) is 3. The smallest absolute Gasteiger partial charge is 0.210 e. The third-order valence-electron chi connectivity index (χ3n) is 5.76. The molecule has 1 unspecified atom stereocenters. The number of carbonyl (C=O) groups excluding carboxylic acids is 1. The van der Waals surface area contributed by atoms with E-state index in [1.807, 2.05) is 84.7 Å². The number of aromatic nitrogens is 1. The van der Waals surface area contributed by atoms with E-state index in [0.29, 0.717) is 6.54 Å². The van der Waals surface area contributed by atoms with Gasteiger partial charge in [-0.15, -0.1) is 0 Å². The molecule has 1 atom stereocenters. The molecule has 6 heteroatoms. The Morgan fingerprint density at radius 3 is 2.47 bits per heavy atom. The van der Waals surface area contributed by atoms with E-state index in [1.54, 1.807) is 7.11 Å². The number of carbonyl (C=O) groups is 1. The maximum atomic E-state index is 11.6. The van der Waals surface area contributed by atoms with Crippen LogP contribution in [-0.2, 0) is 11.2 Å². The number of benzene rings is 3. The Morgan fingerprint density at radius 2 is 1.84 bits per heavy atom. The third kappa shape index (κ3) is 4.43. The summed E-state index contributed by atoms with van der Waals surface area (Å²) in [6.07, 6.45) is 1.75. The molecule has 3 aromatic carbocycles. The van der Waals surface area contributed by atoms with Crippen molar-refractivity contribution in [2.45, 2.75) is 12.5 Å². The molecule has 0 bridgehead atoms. The number of rotatable bonds is 4. The molecule has 1 aromatic heterocycles. The van der Waals surface area contributed by atoms with Crippen LogP contribution in [0.2, 0.25) is 5.02 Å². The molecule has 4 aromatic rings. The minimum Gasteiger partial charge on any atom is -0.497 e. The number of amides is 1. The number of halogens is 1. The van der Waals surface area contributed by atoms with Gasteiger partial charge < -0.3 is 19.9 Å². The number of H-pyrrole nitrogens is 1. The molecule has 0 radical (unpaired) electrons. The minimum atomic E-state index is -0.122. The van der Waals surface area contributed by atoms with Gasteiger partial charge in [0.05, 0.1) is 13.2 Å². The predicted octanol–water partition coefficient (Wildman–Crippen LogP) is 5.66. The first-order valence-electron chi connectivity index (χ1n) is 10.5. The molecule has 32 heavy (non-hydrogen) atoms. The first-order chi connectivity index (χ1) is 15.6. The first kappa shape index (κ1) is 21.8. The van der Waals surface area contributed by atoms with Crippen LogP contribution in [0.5, 0.6) is 5.75 Å². The van der Waals surface area contributed by atoms with Crippen molar-refractivity contribution in [2.75, 3.05) is 26.0 Å². The molecular weight excluding hydrogens is 422 g/mol. The average Bonchev–Trinajstić information content (AvgIpc) is 3.22. The average molecular weight is 448 g/mol. The van der Waals surface area contributed by atoms with E-state index >= 15 is 0 Å². The molecule has 5 rings (SSSR count). The number of aromatic amines is 1. The van der Waals surface area contributed by atoms with Crippen molar-refractivity contribution in [1.29, 1.82) is 0 Å². The highest BCUT2D eigenvalue weighted by molar-refractivity contribution is 6.31. The van der Waals surface area contributed by atoms with Crippen LogP contribution in [0.3, 0.4) is 0 Å². The van der Waals surface area contributed by atoms with Crippen molar-refractivity contribution >= 4 is 34.6 Å². The second-order valence-corrected chi connectivity index (χ2v) is 8.03. The van der Waals surface area contributed by atoms with Gasteiger partial charge in [0, 0.05) is 40.9 Å². The van der Waals surface area contributed by atoms with Crippen molar-refractivity contribution in [1.82, 2.24) is 9.88 Å². The van der Waals surface area contributed by atoms with Crippen LogP contribution in [0.1, 0.15) is 22.9 Å². The van der Waals surface area contributed by atoms with Gasteiger partial charge in [0.25, 0.3) is 0 Å². The van der Waals surface area contributed by atoms with Crippen LogP contribution in [0.25, 0.3) is 10.9 Å². The van der Waals surface area contributed by atoms with E-state index in [4.69, 9.17) is 16.3 Å². The van der Waals surface area contributed by atoms with Crippen molar-refractivity contribution in [3.05, 3.63) is 94.6 Å². The monoisotopic (exact) mass is 447 g/mol. The topological polar surface area (TPSA) is 57.4 Å². The SMILES string of the molecule is CNc1ccccc1.COc1ccc(C2c3[nH]c4ccc(Cl)cc4c3CCN2C=O)cc1. The normalized spacial score (nSPS) is 14.8. The van der Waals surface area contributed by atoms with Gasteiger partial charge in [-0.25, -0.2) is 0 Å². The zero-order valence-corrected chi connectivity index (χ0v) is 18.9. The predicted molar refractivity (Wildman–Crippen MR) is 131 cm³/mol. The summed E-state index contributed by atoms with van der Waals surface area (Å²) in [6, 6.07) is 23.7. The number of methoxy groups -OCH3 is 1. The summed E-state index contributed by atoms with van der Waals surface area (Å²) < 4.78 is 5.23. The van der Waals surface area contributed by atoms with Crippen molar-refractivity contribution in [3.8, 4) is 5.75 Å². The lowest BCUT2D eigenvalue weighted by Gasteiger charge is -2.33. The summed E-state index contributed by atoms with van der Waals surface area (Å²) >= 11 is 6.17. The molecule has 0 saturated heterocycles. The quantitative estimate of drug-likeness (QED) is 0.397. The number of hydrogen-bond donors (Lipinski definition) is 2. The number of para-hydroxylation sites is 1. The zero-order chi connectivity index (χ0) is 22.5. The highest BCUT2D eigenvalue weighted by Crippen LogP contribution is 2.38. The lowest BCUT2D eigenvalue weighted by atomic mass is 9.93. The molecule has 1 aliphatic rings. The lowest BCUT2D eigenvalue weighted by molar-refractivity contribution is -0.120. The van der Waals surface area contributed by atoms with E-state index in [2.05, 4.69) is 10.3 Å². The number of nitrogens with zero attached hydrogens (tertiary/aromatic N) is 1. The number of anilines is 1. The molecule has 2 N–H and O–H groups in total. The fourth-order valence-electron chi connectivity index (χ4n) is 4.14. The molecule has 5 nitrogen and oxygen atoms in total. The Bertz CT molecular complexity index is 1190. The first-order valence-corrected chi connectivity index (χ1v) is 10.9. The molecule has 0 aliphatic carbocycles. The summed E-state index contributed by atoms with van der Waals surface area (Å²) in [5.41, 5.74) is 5.58. The molecule has 0 spiro atoms. The molecule has 1 aliphatic heterocycles. The summed E-state index contributed by atoms with van der Waals surface area (Å²) in [5, 5.41) is 4.89. The number of nitrogens with one attached hydrogen (secondary N) is 2. The molecule has 0 fully saturated rings. The van der Waals surface area contributed by atoms with Crippen LogP contribution in [-0.4, -0.2) is 37.0 Å². The standard InChI is InChI=1S/C19H17ClN2O2.C7H9N/c1-24-14-5-2-12(3-6-14)19-18-15(8-9-22(19)11-23)16-10-13(20)4-7-17(16)21-18;1-8-7-5-3-2-4-6-7/h2-7,10-11,19,21H,8-9H2,1H3;2-6,8H,1H3. The summed E-state index contributed by atoms with van der Waals surface area (Å²) in [5.74, 6) is 0.802. The van der Waals surface area contributed by atoms with E-state index < -0.39 is 0 Å². The fourth-order valence-corrected chi connectivity index (χ4v) is 4.31. The van der Waals surface area contributed by atoms with Gasteiger partial charge in [-0.05, 0) is 60.0 Å². The highest BCUT2D eigenvalue weighted by atomic mass is 35.5. The Labute approximate surface area is 193 Å². The Balaban J connectivity index is 0.000000260. The van der Waals surface area contributed by atoms with Crippen LogP contribution in [0.4, 0.5) is 5.69 Å². The third-order valence-corrected chi connectivity index (χ3v) is 5.99. The second-order valence-electron chi connectivity index (χ2n) is 7.59. The largest absolute Gasteiger partial charge is 0.497 e. The minimum absolute atomic E-state index is 0.122. The van der Waals surface area contributed by atoms with Gasteiger partial charge in [-0.3, -0.25) is 4.79 Å². The highest BCUT2D eigenvalue weighted by Gasteiger charge is 2.30. The van der Waals surface area contributed by atoms with Crippen LogP contribution >= 0.6 is 11.6 Å². The summed E-state index contributed by atoms with van der Waals surface area (Å²) in [6.45, 7) is 0.687. The molecule has 164 valence electrons. The van der Waals surface area contributed by atoms with E-state index in [-0.39, 0.29) is 6.04 Å². The maximum Gasteiger partial charge on any atom is 0.210 e. The maximum absolute atomic E-state index is 11.6. The van der Waals surface area contributed by atoms with Crippen molar-refractivity contribution in [2.24, 2.45) is 0 Å². The Hall–Kier alpha value is -3.44. The van der Waals surface area contributed by atoms with Crippen LogP contribution in [0.15, 0.2) is 72.8 Å².